The van der Waals surface area contributed by atoms with Crippen LogP contribution in [-0.4, -0.2) is 37.2 Å². The molecule has 0 aliphatic rings. The van der Waals surface area contributed by atoms with Gasteiger partial charge in [0.2, 0.25) is 0 Å². The molecule has 6 heteroatoms. The van der Waals surface area contributed by atoms with Crippen molar-refractivity contribution in [1.82, 2.24) is 0 Å². The Morgan fingerprint density at radius 1 is 0.344 bits per heavy atom. The van der Waals surface area contributed by atoms with Crippen LogP contribution < -0.4 is 0 Å². The molecule has 0 aromatic rings. The first-order valence-electron chi connectivity index (χ1n) is 26.5. The van der Waals surface area contributed by atoms with Crippen molar-refractivity contribution in [2.45, 2.75) is 284 Å². The number of hydrogen-bond donors (Lipinski definition) is 0. The van der Waals surface area contributed by atoms with Crippen LogP contribution in [0.1, 0.15) is 278 Å². The van der Waals surface area contributed by atoms with E-state index >= 15 is 0 Å². The Bertz CT molecular complexity index is 1030. The highest BCUT2D eigenvalue weighted by molar-refractivity contribution is 5.71. The molecular formula is C55H100O6. The smallest absolute Gasteiger partial charge is 0.306 e. The van der Waals surface area contributed by atoms with Gasteiger partial charge < -0.3 is 14.2 Å². The third kappa shape index (κ3) is 48.5. The Hall–Kier alpha value is -2.37. The molecule has 0 bridgehead atoms. The summed E-state index contributed by atoms with van der Waals surface area (Å²) in [6.07, 6.45) is 58.4. The van der Waals surface area contributed by atoms with Crippen molar-refractivity contribution in [1.29, 1.82) is 0 Å². The summed E-state index contributed by atoms with van der Waals surface area (Å²) in [6, 6.07) is 0. The second kappa shape index (κ2) is 50.3. The van der Waals surface area contributed by atoms with Gasteiger partial charge in [0.05, 0.1) is 0 Å². The molecule has 1 unspecified atom stereocenters. The lowest BCUT2D eigenvalue weighted by atomic mass is 10.0. The molecule has 0 fully saturated rings. The highest BCUT2D eigenvalue weighted by Crippen LogP contribution is 2.15. The lowest BCUT2D eigenvalue weighted by Gasteiger charge is -2.18. The highest BCUT2D eigenvalue weighted by Gasteiger charge is 2.19. The quantitative estimate of drug-likeness (QED) is 0.0262. The van der Waals surface area contributed by atoms with E-state index in [1.165, 1.54) is 161 Å². The summed E-state index contributed by atoms with van der Waals surface area (Å²) in [7, 11) is 0. The van der Waals surface area contributed by atoms with E-state index < -0.39 is 6.10 Å². The predicted octanol–water partition coefficient (Wildman–Crippen LogP) is 17.3. The second-order valence-corrected chi connectivity index (χ2v) is 17.8. The van der Waals surface area contributed by atoms with Crippen LogP contribution in [0.25, 0.3) is 0 Å². The zero-order valence-corrected chi connectivity index (χ0v) is 40.7. The predicted molar refractivity (Wildman–Crippen MR) is 261 cm³/mol. The van der Waals surface area contributed by atoms with Crippen LogP contribution in [-0.2, 0) is 28.6 Å². The zero-order valence-electron chi connectivity index (χ0n) is 40.7. The lowest BCUT2D eigenvalue weighted by Crippen LogP contribution is -2.30. The molecular weight excluding hydrogens is 757 g/mol. The molecule has 0 spiro atoms. The number of allylic oxidation sites excluding steroid dienone is 6. The summed E-state index contributed by atoms with van der Waals surface area (Å²) in [6.45, 7) is 6.54. The fourth-order valence-corrected chi connectivity index (χ4v) is 7.65. The molecule has 0 amide bonds. The zero-order chi connectivity index (χ0) is 44.4. The van der Waals surface area contributed by atoms with Gasteiger partial charge in [-0.3, -0.25) is 14.4 Å². The van der Waals surface area contributed by atoms with Crippen LogP contribution >= 0.6 is 0 Å². The molecule has 6 nitrogen and oxygen atoms in total. The molecule has 0 saturated heterocycles. The Morgan fingerprint density at radius 3 is 1.00 bits per heavy atom. The van der Waals surface area contributed by atoms with Crippen LogP contribution in [0.15, 0.2) is 36.5 Å². The van der Waals surface area contributed by atoms with E-state index in [1.807, 2.05) is 0 Å². The van der Waals surface area contributed by atoms with Gasteiger partial charge in [-0.1, -0.05) is 224 Å². The van der Waals surface area contributed by atoms with Gasteiger partial charge >= 0.3 is 17.9 Å². The third-order valence-electron chi connectivity index (χ3n) is 11.6. The molecule has 61 heavy (non-hydrogen) atoms. The molecule has 0 aromatic carbocycles. The molecule has 0 heterocycles. The number of ether oxygens (including phenoxy) is 3. The largest absolute Gasteiger partial charge is 0.462 e. The molecule has 0 radical (unpaired) electrons. The van der Waals surface area contributed by atoms with E-state index in [1.54, 1.807) is 0 Å². The van der Waals surface area contributed by atoms with Gasteiger partial charge in [-0.2, -0.15) is 0 Å². The van der Waals surface area contributed by atoms with Crippen LogP contribution in [0, 0.1) is 0 Å². The summed E-state index contributed by atoms with van der Waals surface area (Å²) < 4.78 is 16.8. The number of esters is 3. The molecule has 0 N–H and O–H groups in total. The van der Waals surface area contributed by atoms with Gasteiger partial charge in [0, 0.05) is 19.3 Å². The van der Waals surface area contributed by atoms with E-state index in [-0.39, 0.29) is 31.1 Å². The Balaban J connectivity index is 4.34. The van der Waals surface area contributed by atoms with Crippen LogP contribution in [0.2, 0.25) is 0 Å². The summed E-state index contributed by atoms with van der Waals surface area (Å²) in [5, 5.41) is 0. The third-order valence-corrected chi connectivity index (χ3v) is 11.6. The number of hydrogen-bond acceptors (Lipinski definition) is 6. The van der Waals surface area contributed by atoms with E-state index in [9.17, 15) is 14.4 Å². The Morgan fingerprint density at radius 2 is 0.639 bits per heavy atom. The Labute approximate surface area is 378 Å². The van der Waals surface area contributed by atoms with Crippen molar-refractivity contribution < 1.29 is 28.6 Å². The summed E-state index contributed by atoms with van der Waals surface area (Å²) in [5.41, 5.74) is 0. The van der Waals surface area contributed by atoms with E-state index in [0.717, 1.165) is 77.0 Å². The summed E-state index contributed by atoms with van der Waals surface area (Å²) >= 11 is 0. The molecule has 0 aromatic heterocycles. The minimum absolute atomic E-state index is 0.0738. The number of carbonyl (C=O) groups excluding carboxylic acids is 3. The first kappa shape index (κ1) is 58.6. The Kier molecular flexibility index (Phi) is 48.3. The van der Waals surface area contributed by atoms with Crippen molar-refractivity contribution in [2.24, 2.45) is 0 Å². The molecule has 356 valence electrons. The molecule has 0 aliphatic carbocycles. The monoisotopic (exact) mass is 857 g/mol. The maximum absolute atomic E-state index is 12.8. The van der Waals surface area contributed by atoms with Gasteiger partial charge in [-0.15, -0.1) is 0 Å². The first-order valence-corrected chi connectivity index (χ1v) is 26.5. The average molecular weight is 857 g/mol. The molecule has 0 aliphatic heterocycles. The van der Waals surface area contributed by atoms with Crippen molar-refractivity contribution in [3.63, 3.8) is 0 Å². The van der Waals surface area contributed by atoms with Crippen LogP contribution in [0.5, 0.6) is 0 Å². The number of unbranched alkanes of at least 4 members (excludes halogenated alkanes) is 31. The number of carbonyl (C=O) groups is 3. The van der Waals surface area contributed by atoms with E-state index in [4.69, 9.17) is 14.2 Å². The van der Waals surface area contributed by atoms with Gasteiger partial charge in [0.25, 0.3) is 0 Å². The minimum Gasteiger partial charge on any atom is -0.462 e. The van der Waals surface area contributed by atoms with Crippen molar-refractivity contribution in [3.05, 3.63) is 36.5 Å². The van der Waals surface area contributed by atoms with Gasteiger partial charge in [0.1, 0.15) is 13.2 Å². The fraction of sp³-hybridized carbons (Fsp3) is 0.836. The molecule has 0 rings (SSSR count). The highest BCUT2D eigenvalue weighted by atomic mass is 16.6. The van der Waals surface area contributed by atoms with Crippen molar-refractivity contribution >= 4 is 17.9 Å². The van der Waals surface area contributed by atoms with Crippen molar-refractivity contribution in [2.75, 3.05) is 13.2 Å². The van der Waals surface area contributed by atoms with Gasteiger partial charge in [-0.05, 0) is 70.6 Å². The first-order chi connectivity index (χ1) is 30.0. The minimum atomic E-state index is -0.774. The SMILES string of the molecule is CC/C=C\C/C=C\CCCCCCCCCC(=O)OC(COC(=O)CCCCCCCCC/C=C\CCCCCCCC)COC(=O)CCCCCCCCCCCCCC. The maximum Gasteiger partial charge on any atom is 0.306 e. The molecule has 0 saturated carbocycles. The fourth-order valence-electron chi connectivity index (χ4n) is 7.65. The maximum atomic E-state index is 12.8. The van der Waals surface area contributed by atoms with Gasteiger partial charge in [0.15, 0.2) is 6.10 Å². The normalized spacial score (nSPS) is 12.2. The van der Waals surface area contributed by atoms with Crippen molar-refractivity contribution in [3.8, 4) is 0 Å². The van der Waals surface area contributed by atoms with E-state index in [2.05, 4.69) is 57.2 Å². The number of rotatable bonds is 48. The summed E-state index contributed by atoms with van der Waals surface area (Å²) in [4.78, 5) is 38.0. The molecule has 1 atom stereocenters. The van der Waals surface area contributed by atoms with Crippen LogP contribution in [0.3, 0.4) is 0 Å². The van der Waals surface area contributed by atoms with E-state index in [0.29, 0.717) is 19.3 Å². The second-order valence-electron chi connectivity index (χ2n) is 17.8. The van der Waals surface area contributed by atoms with Gasteiger partial charge in [-0.25, -0.2) is 0 Å². The standard InChI is InChI=1S/C55H100O6/c1-4-7-10-13-16-19-22-25-27-28-29-31-33-36-39-42-45-48-54(57)60-51-52(50-59-53(56)47-44-41-38-35-32-24-21-18-15-12-9-6-3)61-55(58)49-46-43-40-37-34-30-26-23-20-17-14-11-8-5-2/h8,11,17,20,25,27,52H,4-7,9-10,12-16,18-19,21-24,26,28-51H2,1-3H3/b11-8-,20-17-,27-25-. The topological polar surface area (TPSA) is 78.9 Å². The van der Waals surface area contributed by atoms with Crippen LogP contribution in [0.4, 0.5) is 0 Å². The average Bonchev–Trinajstić information content (AvgIpc) is 3.26. The lowest BCUT2D eigenvalue weighted by molar-refractivity contribution is -0.167. The summed E-state index contributed by atoms with van der Waals surface area (Å²) in [5.74, 6) is -0.876.